The van der Waals surface area contributed by atoms with Crippen molar-refractivity contribution in [2.75, 3.05) is 0 Å². The summed E-state index contributed by atoms with van der Waals surface area (Å²) in [6.45, 7) is 0. The van der Waals surface area contributed by atoms with Crippen molar-refractivity contribution in [3.63, 3.8) is 0 Å². The van der Waals surface area contributed by atoms with E-state index < -0.39 is 11.5 Å². The Hall–Kier alpha value is -1.55. The van der Waals surface area contributed by atoms with E-state index in [0.29, 0.717) is 0 Å². The minimum Gasteiger partial charge on any atom is -0.321 e. The molecule has 0 radical (unpaired) electrons. The number of benzene rings is 1. The molecule has 0 aliphatic heterocycles. The minimum absolute atomic E-state index is 0.272. The molecule has 1 heterocycles. The number of nitrogens with two attached hydrogens (primary N) is 1. The zero-order chi connectivity index (χ0) is 12.1. The fourth-order valence-corrected chi connectivity index (χ4v) is 2.46. The molecule has 3 rings (SSSR count). The summed E-state index contributed by atoms with van der Waals surface area (Å²) in [7, 11) is 0. The summed E-state index contributed by atoms with van der Waals surface area (Å²) in [4.78, 5) is 4.19. The molecule has 17 heavy (non-hydrogen) atoms. The third kappa shape index (κ3) is 1.69. The van der Waals surface area contributed by atoms with Crippen LogP contribution >= 0.6 is 0 Å². The monoisotopic (exact) mass is 234 g/mol. The molecule has 0 bridgehead atoms. The van der Waals surface area contributed by atoms with E-state index in [-0.39, 0.29) is 12.8 Å². The average Bonchev–Trinajstić information content (AvgIpc) is 2.25. The fourth-order valence-electron chi connectivity index (χ4n) is 2.46. The second-order valence-corrected chi connectivity index (χ2v) is 4.78. The number of hydrogen-bond acceptors (Lipinski definition) is 2. The lowest BCUT2D eigenvalue weighted by molar-refractivity contribution is -0.125. The Balaban J connectivity index is 2.02. The van der Waals surface area contributed by atoms with Crippen LogP contribution in [0.15, 0.2) is 36.5 Å². The van der Waals surface area contributed by atoms with Crippen LogP contribution in [-0.4, -0.2) is 10.9 Å². The molecular weight excluding hydrogens is 222 g/mol. The molecule has 88 valence electrons. The predicted octanol–water partition coefficient (Wildman–Crippen LogP) is 2.82. The van der Waals surface area contributed by atoms with Crippen LogP contribution in [0.1, 0.15) is 18.4 Å². The van der Waals surface area contributed by atoms with E-state index in [2.05, 4.69) is 4.98 Å². The average molecular weight is 234 g/mol. The molecule has 1 saturated carbocycles. The van der Waals surface area contributed by atoms with Crippen molar-refractivity contribution in [2.24, 2.45) is 5.73 Å². The van der Waals surface area contributed by atoms with Gasteiger partial charge in [0.15, 0.2) is 0 Å². The lowest BCUT2D eigenvalue weighted by atomic mass is 9.69. The van der Waals surface area contributed by atoms with Crippen LogP contribution in [0, 0.1) is 0 Å². The Bertz CT molecular complexity index is 572. The van der Waals surface area contributed by atoms with Gasteiger partial charge in [0, 0.05) is 24.4 Å². The molecule has 0 spiro atoms. The first kappa shape index (κ1) is 10.6. The molecule has 1 aliphatic carbocycles. The topological polar surface area (TPSA) is 38.9 Å². The maximum atomic E-state index is 12.9. The molecule has 0 atom stereocenters. The Morgan fingerprint density at radius 3 is 2.65 bits per heavy atom. The van der Waals surface area contributed by atoms with Crippen LogP contribution < -0.4 is 5.73 Å². The van der Waals surface area contributed by atoms with E-state index in [1.54, 1.807) is 12.3 Å². The molecule has 2 nitrogen and oxygen atoms in total. The number of nitrogens with zero attached hydrogens (tertiary/aromatic N) is 1. The molecule has 0 saturated heterocycles. The predicted molar refractivity (Wildman–Crippen MR) is 61.8 cm³/mol. The van der Waals surface area contributed by atoms with Crippen molar-refractivity contribution >= 4 is 10.9 Å². The Kier molecular flexibility index (Phi) is 2.01. The minimum atomic E-state index is -2.61. The molecule has 1 aromatic carbocycles. The summed E-state index contributed by atoms with van der Waals surface area (Å²) in [6, 6.07) is 9.22. The molecule has 2 N–H and O–H groups in total. The molecule has 1 aromatic heterocycles. The van der Waals surface area contributed by atoms with E-state index in [4.69, 9.17) is 5.73 Å². The van der Waals surface area contributed by atoms with Crippen molar-refractivity contribution in [1.82, 2.24) is 4.98 Å². The maximum Gasteiger partial charge on any atom is 0.252 e. The number of rotatable bonds is 1. The highest BCUT2D eigenvalue weighted by Gasteiger charge is 2.55. The first-order valence-electron chi connectivity index (χ1n) is 5.51. The van der Waals surface area contributed by atoms with Gasteiger partial charge in [0.05, 0.1) is 11.1 Å². The third-order valence-electron chi connectivity index (χ3n) is 3.33. The second-order valence-electron chi connectivity index (χ2n) is 4.78. The van der Waals surface area contributed by atoms with Gasteiger partial charge >= 0.3 is 0 Å². The quantitative estimate of drug-likeness (QED) is 0.824. The SMILES string of the molecule is NC1(c2ccc3ncccc3c2)CC(F)(F)C1. The van der Waals surface area contributed by atoms with Crippen molar-refractivity contribution in [1.29, 1.82) is 0 Å². The van der Waals surface area contributed by atoms with Crippen LogP contribution in [0.5, 0.6) is 0 Å². The van der Waals surface area contributed by atoms with Gasteiger partial charge in [-0.3, -0.25) is 4.98 Å². The van der Waals surface area contributed by atoms with Gasteiger partial charge in [0.2, 0.25) is 0 Å². The first-order valence-corrected chi connectivity index (χ1v) is 5.51. The summed E-state index contributed by atoms with van der Waals surface area (Å²) < 4.78 is 25.9. The van der Waals surface area contributed by atoms with E-state index >= 15 is 0 Å². The van der Waals surface area contributed by atoms with Crippen molar-refractivity contribution in [3.8, 4) is 0 Å². The number of aromatic nitrogens is 1. The summed E-state index contributed by atoms with van der Waals surface area (Å²) in [5.74, 6) is -2.61. The lowest BCUT2D eigenvalue weighted by Gasteiger charge is -2.44. The molecule has 1 fully saturated rings. The van der Waals surface area contributed by atoms with Crippen molar-refractivity contribution in [3.05, 3.63) is 42.1 Å². The first-order chi connectivity index (χ1) is 7.99. The Labute approximate surface area is 97.5 Å². The Morgan fingerprint density at radius 2 is 1.94 bits per heavy atom. The van der Waals surface area contributed by atoms with Gasteiger partial charge < -0.3 is 5.73 Å². The van der Waals surface area contributed by atoms with Crippen molar-refractivity contribution < 1.29 is 8.78 Å². The largest absolute Gasteiger partial charge is 0.321 e. The van der Waals surface area contributed by atoms with Gasteiger partial charge in [-0.15, -0.1) is 0 Å². The molecule has 4 heteroatoms. The molecule has 0 amide bonds. The number of fused-ring (bicyclic) bond motifs is 1. The highest BCUT2D eigenvalue weighted by molar-refractivity contribution is 5.79. The van der Waals surface area contributed by atoms with E-state index in [1.165, 1.54) is 0 Å². The van der Waals surface area contributed by atoms with Crippen LogP contribution in [0.25, 0.3) is 10.9 Å². The van der Waals surface area contributed by atoms with Gasteiger partial charge in [0.25, 0.3) is 5.92 Å². The van der Waals surface area contributed by atoms with Crippen LogP contribution in [0.2, 0.25) is 0 Å². The summed E-state index contributed by atoms with van der Waals surface area (Å²) in [5, 5.41) is 0.935. The van der Waals surface area contributed by atoms with Gasteiger partial charge in [-0.05, 0) is 23.8 Å². The number of hydrogen-bond donors (Lipinski definition) is 1. The maximum absolute atomic E-state index is 12.9. The third-order valence-corrected chi connectivity index (χ3v) is 3.33. The summed E-state index contributed by atoms with van der Waals surface area (Å²) >= 11 is 0. The highest BCUT2D eigenvalue weighted by atomic mass is 19.3. The van der Waals surface area contributed by atoms with Crippen LogP contribution in [0.4, 0.5) is 8.78 Å². The lowest BCUT2D eigenvalue weighted by Crippen LogP contribution is -2.55. The zero-order valence-corrected chi connectivity index (χ0v) is 9.16. The van der Waals surface area contributed by atoms with E-state index in [0.717, 1.165) is 16.5 Å². The number of alkyl halides is 2. The van der Waals surface area contributed by atoms with Gasteiger partial charge in [0.1, 0.15) is 0 Å². The Morgan fingerprint density at radius 1 is 1.18 bits per heavy atom. The van der Waals surface area contributed by atoms with Gasteiger partial charge in [-0.25, -0.2) is 8.78 Å². The molecule has 1 aliphatic rings. The summed E-state index contributed by atoms with van der Waals surface area (Å²) in [5.41, 5.74) is 6.73. The summed E-state index contributed by atoms with van der Waals surface area (Å²) in [6.07, 6.45) is 1.16. The van der Waals surface area contributed by atoms with Gasteiger partial charge in [-0.2, -0.15) is 0 Å². The van der Waals surface area contributed by atoms with Gasteiger partial charge in [-0.1, -0.05) is 12.1 Å². The number of pyridine rings is 1. The highest BCUT2D eigenvalue weighted by Crippen LogP contribution is 2.50. The molecular formula is C13H12F2N2. The smallest absolute Gasteiger partial charge is 0.252 e. The standard InChI is InChI=1S/C13H12F2N2/c14-13(15)7-12(16,8-13)10-3-4-11-9(6-10)2-1-5-17-11/h1-6H,7-8,16H2. The zero-order valence-electron chi connectivity index (χ0n) is 9.16. The van der Waals surface area contributed by atoms with Crippen LogP contribution in [-0.2, 0) is 5.54 Å². The van der Waals surface area contributed by atoms with E-state index in [1.807, 2.05) is 24.3 Å². The second kappa shape index (κ2) is 3.23. The molecule has 0 unspecified atom stereocenters. The van der Waals surface area contributed by atoms with Crippen LogP contribution in [0.3, 0.4) is 0 Å². The van der Waals surface area contributed by atoms with Crippen molar-refractivity contribution in [2.45, 2.75) is 24.3 Å². The normalized spacial score (nSPS) is 21.1. The molecule has 2 aromatic rings. The van der Waals surface area contributed by atoms with E-state index in [9.17, 15) is 8.78 Å². The fraction of sp³-hybridized carbons (Fsp3) is 0.308. The number of halogens is 2.